The lowest BCUT2D eigenvalue weighted by atomic mass is 10.1. The molecule has 0 radical (unpaired) electrons. The molecule has 0 spiro atoms. The minimum absolute atomic E-state index is 0.157. The summed E-state index contributed by atoms with van der Waals surface area (Å²) in [6.07, 6.45) is 0.171. The largest absolute Gasteiger partial charge is 0.493 e. The van der Waals surface area contributed by atoms with Gasteiger partial charge in [0.1, 0.15) is 10.8 Å². The summed E-state index contributed by atoms with van der Waals surface area (Å²) in [7, 11) is 1.59. The number of ether oxygens (including phenoxy) is 1. The number of thiazole rings is 1. The quantitative estimate of drug-likeness (QED) is 0.617. The second-order valence-corrected chi connectivity index (χ2v) is 7.27. The number of rotatable bonds is 7. The SMILES string of the molecule is CCOc1ccccc1-c1nc(CC(=O)Nc2ccc(C(=O)NC)cc2C)cs1. The van der Waals surface area contributed by atoms with Crippen molar-refractivity contribution >= 4 is 28.8 Å². The van der Waals surface area contributed by atoms with Crippen LogP contribution >= 0.6 is 11.3 Å². The van der Waals surface area contributed by atoms with Crippen molar-refractivity contribution in [1.82, 2.24) is 10.3 Å². The van der Waals surface area contributed by atoms with E-state index < -0.39 is 0 Å². The first-order chi connectivity index (χ1) is 14.0. The minimum atomic E-state index is -0.159. The van der Waals surface area contributed by atoms with E-state index in [0.29, 0.717) is 23.6 Å². The molecule has 1 aromatic heterocycles. The Hall–Kier alpha value is -3.19. The van der Waals surface area contributed by atoms with Crippen LogP contribution in [0.3, 0.4) is 0 Å². The molecule has 29 heavy (non-hydrogen) atoms. The van der Waals surface area contributed by atoms with Crippen LogP contribution < -0.4 is 15.4 Å². The van der Waals surface area contributed by atoms with E-state index in [-0.39, 0.29) is 18.2 Å². The molecule has 1 heterocycles. The van der Waals surface area contributed by atoms with E-state index in [0.717, 1.165) is 21.9 Å². The predicted molar refractivity (Wildman–Crippen MR) is 116 cm³/mol. The van der Waals surface area contributed by atoms with Gasteiger partial charge in [0, 0.05) is 23.7 Å². The van der Waals surface area contributed by atoms with Gasteiger partial charge in [0.2, 0.25) is 5.91 Å². The number of para-hydroxylation sites is 1. The highest BCUT2D eigenvalue weighted by Gasteiger charge is 2.13. The molecule has 150 valence electrons. The number of carbonyl (C=O) groups excluding carboxylic acids is 2. The summed E-state index contributed by atoms with van der Waals surface area (Å²) in [5, 5.41) is 8.19. The van der Waals surface area contributed by atoms with Gasteiger partial charge >= 0.3 is 0 Å². The highest BCUT2D eigenvalue weighted by atomic mass is 32.1. The first kappa shape index (κ1) is 20.5. The number of nitrogens with zero attached hydrogens (tertiary/aromatic N) is 1. The molecule has 3 aromatic rings. The summed E-state index contributed by atoms with van der Waals surface area (Å²) in [6, 6.07) is 12.9. The van der Waals surface area contributed by atoms with Gasteiger partial charge < -0.3 is 15.4 Å². The number of aromatic nitrogens is 1. The van der Waals surface area contributed by atoms with Crippen molar-refractivity contribution in [2.45, 2.75) is 20.3 Å². The molecule has 0 atom stereocenters. The zero-order chi connectivity index (χ0) is 20.8. The number of hydrogen-bond acceptors (Lipinski definition) is 5. The number of carbonyl (C=O) groups is 2. The minimum Gasteiger partial charge on any atom is -0.493 e. The molecule has 2 aromatic carbocycles. The summed E-state index contributed by atoms with van der Waals surface area (Å²) in [4.78, 5) is 28.8. The van der Waals surface area contributed by atoms with Gasteiger partial charge in [0.25, 0.3) is 5.91 Å². The van der Waals surface area contributed by atoms with Crippen LogP contribution in [-0.4, -0.2) is 30.5 Å². The van der Waals surface area contributed by atoms with E-state index in [9.17, 15) is 9.59 Å². The van der Waals surface area contributed by atoms with Crippen LogP contribution in [0.2, 0.25) is 0 Å². The number of aryl methyl sites for hydroxylation is 1. The molecule has 3 rings (SSSR count). The van der Waals surface area contributed by atoms with Crippen molar-refractivity contribution in [1.29, 1.82) is 0 Å². The number of hydrogen-bond donors (Lipinski definition) is 2. The van der Waals surface area contributed by atoms with Gasteiger partial charge in [-0.15, -0.1) is 11.3 Å². The first-order valence-corrected chi connectivity index (χ1v) is 10.2. The summed E-state index contributed by atoms with van der Waals surface area (Å²) >= 11 is 1.49. The average Bonchev–Trinajstić information content (AvgIpc) is 3.17. The van der Waals surface area contributed by atoms with Gasteiger partial charge in [0.05, 0.1) is 24.3 Å². The van der Waals surface area contributed by atoms with E-state index in [2.05, 4.69) is 15.6 Å². The third-order valence-electron chi connectivity index (χ3n) is 4.30. The first-order valence-electron chi connectivity index (χ1n) is 9.31. The lowest BCUT2D eigenvalue weighted by Gasteiger charge is -2.09. The topological polar surface area (TPSA) is 80.3 Å². The van der Waals surface area contributed by atoms with Crippen LogP contribution in [0.25, 0.3) is 10.6 Å². The zero-order valence-corrected chi connectivity index (χ0v) is 17.4. The van der Waals surface area contributed by atoms with E-state index in [1.54, 1.807) is 25.2 Å². The van der Waals surface area contributed by atoms with Gasteiger partial charge in [-0.1, -0.05) is 12.1 Å². The normalized spacial score (nSPS) is 10.4. The van der Waals surface area contributed by atoms with E-state index >= 15 is 0 Å². The van der Waals surface area contributed by atoms with Crippen molar-refractivity contribution < 1.29 is 14.3 Å². The Morgan fingerprint density at radius 3 is 2.69 bits per heavy atom. The Bertz CT molecular complexity index is 1030. The van der Waals surface area contributed by atoms with Crippen LogP contribution in [0.15, 0.2) is 47.8 Å². The number of anilines is 1. The summed E-state index contributed by atoms with van der Waals surface area (Å²) in [5.41, 5.74) is 3.68. The second kappa shape index (κ2) is 9.34. The fourth-order valence-corrected chi connectivity index (χ4v) is 3.73. The molecule has 7 heteroatoms. The second-order valence-electron chi connectivity index (χ2n) is 6.41. The van der Waals surface area contributed by atoms with Gasteiger partial charge in [-0.25, -0.2) is 4.98 Å². The maximum Gasteiger partial charge on any atom is 0.251 e. The van der Waals surface area contributed by atoms with Crippen LogP contribution in [0.4, 0.5) is 5.69 Å². The maximum atomic E-state index is 12.5. The van der Waals surface area contributed by atoms with Crippen molar-refractivity contribution in [2.24, 2.45) is 0 Å². The molecule has 0 bridgehead atoms. The van der Waals surface area contributed by atoms with Crippen molar-refractivity contribution in [3.63, 3.8) is 0 Å². The summed E-state index contributed by atoms with van der Waals surface area (Å²) < 4.78 is 5.67. The maximum absolute atomic E-state index is 12.5. The third-order valence-corrected chi connectivity index (χ3v) is 5.22. The van der Waals surface area contributed by atoms with Crippen molar-refractivity contribution in [2.75, 3.05) is 19.0 Å². The van der Waals surface area contributed by atoms with Crippen LogP contribution in [0.5, 0.6) is 5.75 Å². The molecule has 2 N–H and O–H groups in total. The van der Waals surface area contributed by atoms with Gasteiger partial charge in [-0.3, -0.25) is 9.59 Å². The highest BCUT2D eigenvalue weighted by Crippen LogP contribution is 2.32. The Morgan fingerprint density at radius 2 is 1.97 bits per heavy atom. The lowest BCUT2D eigenvalue weighted by molar-refractivity contribution is -0.115. The molecular formula is C22H23N3O3S. The third kappa shape index (κ3) is 5.00. The molecule has 2 amide bonds. The summed E-state index contributed by atoms with van der Waals surface area (Å²) in [6.45, 7) is 4.38. The molecular weight excluding hydrogens is 386 g/mol. The molecule has 0 aliphatic heterocycles. The highest BCUT2D eigenvalue weighted by molar-refractivity contribution is 7.13. The van der Waals surface area contributed by atoms with Crippen molar-refractivity contribution in [3.8, 4) is 16.3 Å². The Kier molecular flexibility index (Phi) is 6.61. The predicted octanol–water partition coefficient (Wildman–Crippen LogP) is 4.06. The molecule has 0 saturated heterocycles. The molecule has 0 aliphatic carbocycles. The fraction of sp³-hybridized carbons (Fsp3) is 0.227. The number of nitrogens with one attached hydrogen (secondary N) is 2. The Morgan fingerprint density at radius 1 is 1.17 bits per heavy atom. The van der Waals surface area contributed by atoms with Gasteiger partial charge in [-0.05, 0) is 49.7 Å². The van der Waals surface area contributed by atoms with E-state index in [4.69, 9.17) is 4.74 Å². The van der Waals surface area contributed by atoms with Gasteiger partial charge in [0.15, 0.2) is 0 Å². The summed E-state index contributed by atoms with van der Waals surface area (Å²) in [5.74, 6) is 0.469. The van der Waals surface area contributed by atoms with Crippen molar-refractivity contribution in [3.05, 3.63) is 64.7 Å². The zero-order valence-electron chi connectivity index (χ0n) is 16.6. The van der Waals surface area contributed by atoms with Gasteiger partial charge in [-0.2, -0.15) is 0 Å². The van der Waals surface area contributed by atoms with E-state index in [1.165, 1.54) is 11.3 Å². The standard InChI is InChI=1S/C22H23N3O3S/c1-4-28-19-8-6-5-7-17(19)22-24-16(13-29-22)12-20(26)25-18-10-9-15(11-14(18)2)21(27)23-3/h5-11,13H,4,12H2,1-3H3,(H,23,27)(H,25,26). The Labute approximate surface area is 173 Å². The number of amides is 2. The molecule has 0 fully saturated rings. The fourth-order valence-electron chi connectivity index (χ4n) is 2.88. The molecule has 0 unspecified atom stereocenters. The van der Waals surface area contributed by atoms with Crippen LogP contribution in [0.1, 0.15) is 28.5 Å². The average molecular weight is 410 g/mol. The number of benzene rings is 2. The van der Waals surface area contributed by atoms with Crippen LogP contribution in [0, 0.1) is 6.92 Å². The van der Waals surface area contributed by atoms with Crippen LogP contribution in [-0.2, 0) is 11.2 Å². The lowest BCUT2D eigenvalue weighted by Crippen LogP contribution is -2.19. The molecule has 6 nitrogen and oxygen atoms in total. The molecule has 0 saturated carbocycles. The Balaban J connectivity index is 1.69. The smallest absolute Gasteiger partial charge is 0.251 e. The van der Waals surface area contributed by atoms with E-state index in [1.807, 2.05) is 43.5 Å². The monoisotopic (exact) mass is 409 g/mol. The molecule has 0 aliphatic rings.